The lowest BCUT2D eigenvalue weighted by atomic mass is 10.1. The molecule has 1 N–H and O–H groups in total. The van der Waals surface area contributed by atoms with Crippen LogP contribution in [0.2, 0.25) is 4.34 Å². The fourth-order valence-corrected chi connectivity index (χ4v) is 4.24. The van der Waals surface area contributed by atoms with E-state index in [4.69, 9.17) is 11.6 Å². The topological polar surface area (TPSA) is 12.0 Å². The monoisotopic (exact) mass is 241 g/mol. The number of hydrogen-bond acceptors (Lipinski definition) is 2. The molecule has 1 aromatic heterocycles. The molecule has 15 heavy (non-hydrogen) atoms. The largest absolute Gasteiger partial charge is 0.307 e. The van der Waals surface area contributed by atoms with Gasteiger partial charge in [0.15, 0.2) is 0 Å². The van der Waals surface area contributed by atoms with Gasteiger partial charge < -0.3 is 5.32 Å². The molecule has 1 saturated carbocycles. The highest BCUT2D eigenvalue weighted by atomic mass is 35.5. The first-order valence-corrected chi connectivity index (χ1v) is 7.06. The Hall–Kier alpha value is -0.0500. The van der Waals surface area contributed by atoms with E-state index in [2.05, 4.69) is 11.4 Å². The highest BCUT2D eigenvalue weighted by molar-refractivity contribution is 7.16. The van der Waals surface area contributed by atoms with Crippen molar-refractivity contribution in [3.63, 3.8) is 0 Å². The predicted octanol–water partition coefficient (Wildman–Crippen LogP) is 3.92. The van der Waals surface area contributed by atoms with Gasteiger partial charge in [-0.3, -0.25) is 0 Å². The fourth-order valence-electron chi connectivity index (χ4n) is 2.88. The van der Waals surface area contributed by atoms with Gasteiger partial charge in [0.1, 0.15) is 0 Å². The second-order valence-corrected chi connectivity index (χ2v) is 6.44. The molecule has 1 heterocycles. The lowest BCUT2D eigenvalue weighted by Gasteiger charge is -2.18. The van der Waals surface area contributed by atoms with Crippen molar-refractivity contribution < 1.29 is 0 Å². The molecular formula is C12H16ClNS. The molecule has 3 heteroatoms. The lowest BCUT2D eigenvalue weighted by molar-refractivity contribution is 0.438. The molecule has 1 fully saturated rings. The van der Waals surface area contributed by atoms with Crippen molar-refractivity contribution in [3.05, 3.63) is 20.8 Å². The first-order chi connectivity index (χ1) is 7.33. The Morgan fingerprint density at radius 3 is 2.87 bits per heavy atom. The van der Waals surface area contributed by atoms with Crippen LogP contribution in [0.1, 0.15) is 48.6 Å². The Balaban J connectivity index is 1.72. The molecule has 2 aliphatic carbocycles. The van der Waals surface area contributed by atoms with Crippen LogP contribution < -0.4 is 5.32 Å². The van der Waals surface area contributed by atoms with Gasteiger partial charge in [-0.1, -0.05) is 24.4 Å². The third-order valence-electron chi connectivity index (χ3n) is 3.64. The molecule has 1 nitrogen and oxygen atoms in total. The maximum absolute atomic E-state index is 6.05. The first-order valence-electron chi connectivity index (χ1n) is 5.87. The van der Waals surface area contributed by atoms with E-state index in [9.17, 15) is 0 Å². The molecule has 82 valence electrons. The van der Waals surface area contributed by atoms with Crippen LogP contribution in [0.15, 0.2) is 6.07 Å². The SMILES string of the molecule is Clc1cc2c(s1)CCC2NC1CCCC1. The maximum Gasteiger partial charge on any atom is 0.0934 e. The summed E-state index contributed by atoms with van der Waals surface area (Å²) in [6.45, 7) is 0. The van der Waals surface area contributed by atoms with Crippen LogP contribution in [-0.4, -0.2) is 6.04 Å². The summed E-state index contributed by atoms with van der Waals surface area (Å²) in [5.74, 6) is 0. The smallest absolute Gasteiger partial charge is 0.0934 e. The van der Waals surface area contributed by atoms with E-state index in [1.54, 1.807) is 11.3 Å². The van der Waals surface area contributed by atoms with Crippen molar-refractivity contribution in [2.75, 3.05) is 0 Å². The average Bonchev–Trinajstić information content (AvgIpc) is 2.85. The molecule has 0 radical (unpaired) electrons. The molecule has 0 amide bonds. The zero-order chi connectivity index (χ0) is 10.3. The van der Waals surface area contributed by atoms with E-state index < -0.39 is 0 Å². The van der Waals surface area contributed by atoms with Gasteiger partial charge >= 0.3 is 0 Å². The van der Waals surface area contributed by atoms with Crippen molar-refractivity contribution in [2.24, 2.45) is 0 Å². The van der Waals surface area contributed by atoms with E-state index >= 15 is 0 Å². The number of fused-ring (bicyclic) bond motifs is 1. The molecule has 0 saturated heterocycles. The standard InChI is InChI=1S/C12H16ClNS/c13-12-7-9-10(5-6-11(9)15-12)14-8-3-1-2-4-8/h7-8,10,14H,1-6H2. The Morgan fingerprint density at radius 2 is 2.07 bits per heavy atom. The van der Waals surface area contributed by atoms with Crippen molar-refractivity contribution in [3.8, 4) is 0 Å². The molecule has 2 aliphatic rings. The Morgan fingerprint density at radius 1 is 1.27 bits per heavy atom. The predicted molar refractivity (Wildman–Crippen MR) is 65.8 cm³/mol. The molecule has 1 unspecified atom stereocenters. The van der Waals surface area contributed by atoms with Gasteiger partial charge in [0.25, 0.3) is 0 Å². The van der Waals surface area contributed by atoms with Crippen molar-refractivity contribution in [2.45, 2.75) is 50.6 Å². The highest BCUT2D eigenvalue weighted by Crippen LogP contribution is 2.40. The zero-order valence-corrected chi connectivity index (χ0v) is 10.3. The molecule has 1 atom stereocenters. The number of nitrogens with one attached hydrogen (secondary N) is 1. The van der Waals surface area contributed by atoms with Gasteiger partial charge in [-0.05, 0) is 37.3 Å². The first kappa shape index (κ1) is 10.1. The van der Waals surface area contributed by atoms with E-state index in [0.717, 1.165) is 10.4 Å². The number of thiophene rings is 1. The third-order valence-corrected chi connectivity index (χ3v) is 4.98. The van der Waals surface area contributed by atoms with Crippen molar-refractivity contribution >= 4 is 22.9 Å². The molecule has 0 aromatic carbocycles. The summed E-state index contributed by atoms with van der Waals surface area (Å²) in [5, 5.41) is 3.80. The van der Waals surface area contributed by atoms with Gasteiger partial charge in [-0.2, -0.15) is 0 Å². The minimum Gasteiger partial charge on any atom is -0.307 e. The number of aryl methyl sites for hydroxylation is 1. The van der Waals surface area contributed by atoms with Crippen LogP contribution in [0, 0.1) is 0 Å². The molecule has 3 rings (SSSR count). The number of halogens is 1. The Kier molecular flexibility index (Phi) is 2.75. The summed E-state index contributed by atoms with van der Waals surface area (Å²) >= 11 is 7.81. The maximum atomic E-state index is 6.05. The van der Waals surface area contributed by atoms with Crippen LogP contribution >= 0.6 is 22.9 Å². The summed E-state index contributed by atoms with van der Waals surface area (Å²) in [4.78, 5) is 1.51. The van der Waals surface area contributed by atoms with Gasteiger partial charge in [0, 0.05) is 17.0 Å². The van der Waals surface area contributed by atoms with Crippen LogP contribution in [0.4, 0.5) is 0 Å². The molecule has 1 aromatic rings. The van der Waals surface area contributed by atoms with Crippen LogP contribution in [0.3, 0.4) is 0 Å². The molecule has 0 spiro atoms. The highest BCUT2D eigenvalue weighted by Gasteiger charge is 2.27. The van der Waals surface area contributed by atoms with Crippen LogP contribution in [0.5, 0.6) is 0 Å². The fraction of sp³-hybridized carbons (Fsp3) is 0.667. The van der Waals surface area contributed by atoms with Crippen LogP contribution in [0.25, 0.3) is 0 Å². The van der Waals surface area contributed by atoms with E-state index in [-0.39, 0.29) is 0 Å². The number of rotatable bonds is 2. The van der Waals surface area contributed by atoms with Crippen LogP contribution in [-0.2, 0) is 6.42 Å². The van der Waals surface area contributed by atoms with E-state index in [0.29, 0.717) is 6.04 Å². The zero-order valence-electron chi connectivity index (χ0n) is 8.76. The van der Waals surface area contributed by atoms with Crippen molar-refractivity contribution in [1.29, 1.82) is 0 Å². The van der Waals surface area contributed by atoms with Gasteiger partial charge in [0.2, 0.25) is 0 Å². The third kappa shape index (κ3) is 1.95. The molecule has 0 aliphatic heterocycles. The van der Waals surface area contributed by atoms with E-state index in [1.807, 2.05) is 0 Å². The summed E-state index contributed by atoms with van der Waals surface area (Å²) in [7, 11) is 0. The lowest BCUT2D eigenvalue weighted by Crippen LogP contribution is -2.29. The normalized spacial score (nSPS) is 26.1. The van der Waals surface area contributed by atoms with Gasteiger partial charge in [0.05, 0.1) is 4.34 Å². The minimum absolute atomic E-state index is 0.590. The molecule has 0 bridgehead atoms. The minimum atomic E-state index is 0.590. The Bertz CT molecular complexity index is 355. The Labute approximate surface area is 99.8 Å². The van der Waals surface area contributed by atoms with E-state index in [1.165, 1.54) is 49.0 Å². The quantitative estimate of drug-likeness (QED) is 0.828. The second kappa shape index (κ2) is 4.08. The van der Waals surface area contributed by atoms with Gasteiger partial charge in [-0.25, -0.2) is 0 Å². The van der Waals surface area contributed by atoms with Gasteiger partial charge in [-0.15, -0.1) is 11.3 Å². The van der Waals surface area contributed by atoms with Crippen molar-refractivity contribution in [1.82, 2.24) is 5.32 Å². The summed E-state index contributed by atoms with van der Waals surface area (Å²) in [5.41, 5.74) is 1.48. The summed E-state index contributed by atoms with van der Waals surface area (Å²) < 4.78 is 0.956. The second-order valence-electron chi connectivity index (χ2n) is 4.67. The molecular weight excluding hydrogens is 226 g/mol. The average molecular weight is 242 g/mol. The summed E-state index contributed by atoms with van der Waals surface area (Å²) in [6.07, 6.45) is 8.03. The summed E-state index contributed by atoms with van der Waals surface area (Å²) in [6, 6.07) is 3.52. The number of hydrogen-bond donors (Lipinski definition) is 1.